The largest absolute Gasteiger partial charge is 0.480 e. The molecule has 0 spiro atoms. The van der Waals surface area contributed by atoms with Crippen molar-refractivity contribution in [1.82, 2.24) is 10.3 Å². The molecule has 0 radical (unpaired) electrons. The molecule has 1 rings (SSSR count). The number of carboxylic acid groups (broad SMARTS) is 1. The highest BCUT2D eigenvalue weighted by atomic mass is 32.1. The lowest BCUT2D eigenvalue weighted by atomic mass is 10.2. The van der Waals surface area contributed by atoms with Gasteiger partial charge in [-0.2, -0.15) is 0 Å². The van der Waals surface area contributed by atoms with Crippen molar-refractivity contribution in [2.24, 2.45) is 5.11 Å². The van der Waals surface area contributed by atoms with Gasteiger partial charge < -0.3 is 5.11 Å². The number of nitrogens with one attached hydrogen (secondary N) is 1. The molecule has 7 nitrogen and oxygen atoms in total. The topological polar surface area (TPSA) is 111 Å². The van der Waals surface area contributed by atoms with Gasteiger partial charge in [-0.05, 0) is 25.4 Å². The van der Waals surface area contributed by atoms with Gasteiger partial charge in [0.25, 0.3) is 0 Å². The van der Waals surface area contributed by atoms with Crippen molar-refractivity contribution in [3.63, 3.8) is 0 Å². The molecule has 0 aliphatic rings. The van der Waals surface area contributed by atoms with E-state index in [0.29, 0.717) is 24.4 Å². The van der Waals surface area contributed by atoms with E-state index < -0.39 is 12.0 Å². The van der Waals surface area contributed by atoms with E-state index in [2.05, 4.69) is 20.3 Å². The summed E-state index contributed by atoms with van der Waals surface area (Å²) in [5.41, 5.74) is 10.4. The molecule has 0 bridgehead atoms. The minimum Gasteiger partial charge on any atom is -0.480 e. The molecule has 0 fully saturated rings. The van der Waals surface area contributed by atoms with Crippen LogP contribution in [0.5, 0.6) is 0 Å². The number of carboxylic acids is 1. The highest BCUT2D eigenvalue weighted by Crippen LogP contribution is 2.21. The molecular formula is C9H13N5O2S. The van der Waals surface area contributed by atoms with E-state index in [4.69, 9.17) is 10.6 Å². The Kier molecular flexibility index (Phi) is 5.41. The summed E-state index contributed by atoms with van der Waals surface area (Å²) in [6.07, 6.45) is 0.603. The maximum Gasteiger partial charge on any atom is 0.326 e. The summed E-state index contributed by atoms with van der Waals surface area (Å²) < 4.78 is 0. The third-order valence-corrected chi connectivity index (χ3v) is 3.13. The summed E-state index contributed by atoms with van der Waals surface area (Å²) in [6.45, 7) is 2.62. The van der Waals surface area contributed by atoms with Crippen LogP contribution in [0.2, 0.25) is 0 Å². The van der Waals surface area contributed by atoms with E-state index in [0.717, 1.165) is 5.69 Å². The average molecular weight is 255 g/mol. The van der Waals surface area contributed by atoms with Crippen molar-refractivity contribution >= 4 is 17.3 Å². The monoisotopic (exact) mass is 255 g/mol. The number of hydrogen-bond acceptors (Lipinski definition) is 5. The SMILES string of the molecule is Cc1ncsc1C(NCCCN=[N+]=[N-])C(=O)O. The van der Waals surface area contributed by atoms with E-state index in [1.165, 1.54) is 11.3 Å². The minimum absolute atomic E-state index is 0.359. The quantitative estimate of drug-likeness (QED) is 0.335. The number of carbonyl (C=O) groups is 1. The zero-order valence-corrected chi connectivity index (χ0v) is 10.1. The van der Waals surface area contributed by atoms with Crippen LogP contribution < -0.4 is 5.32 Å². The lowest BCUT2D eigenvalue weighted by Crippen LogP contribution is -2.29. The summed E-state index contributed by atoms with van der Waals surface area (Å²) >= 11 is 1.32. The molecule has 2 N–H and O–H groups in total. The summed E-state index contributed by atoms with van der Waals surface area (Å²) in [4.78, 5) is 18.5. The molecule has 0 aliphatic carbocycles. The van der Waals surface area contributed by atoms with Gasteiger partial charge in [0.15, 0.2) is 0 Å². The van der Waals surface area contributed by atoms with Crippen LogP contribution in [-0.4, -0.2) is 29.1 Å². The average Bonchev–Trinajstić information content (AvgIpc) is 2.69. The van der Waals surface area contributed by atoms with Gasteiger partial charge in [0.2, 0.25) is 0 Å². The number of aromatic nitrogens is 1. The molecule has 0 amide bonds. The first-order valence-electron chi connectivity index (χ1n) is 5.04. The van der Waals surface area contributed by atoms with Crippen molar-refractivity contribution < 1.29 is 9.90 Å². The molecule has 0 aromatic carbocycles. The number of azide groups is 1. The van der Waals surface area contributed by atoms with Gasteiger partial charge in [-0.3, -0.25) is 10.1 Å². The van der Waals surface area contributed by atoms with Crippen molar-refractivity contribution in [3.8, 4) is 0 Å². The van der Waals surface area contributed by atoms with Crippen molar-refractivity contribution in [2.45, 2.75) is 19.4 Å². The van der Waals surface area contributed by atoms with Crippen molar-refractivity contribution in [3.05, 3.63) is 26.5 Å². The van der Waals surface area contributed by atoms with Crippen LogP contribution in [0.15, 0.2) is 10.6 Å². The molecule has 0 aliphatic heterocycles. The first-order chi connectivity index (χ1) is 8.16. The fraction of sp³-hybridized carbons (Fsp3) is 0.556. The molecular weight excluding hydrogens is 242 g/mol. The standard InChI is InChI=1S/C9H13N5O2S/c1-6-8(17-5-12-6)7(9(15)16)11-3-2-4-13-14-10/h5,7,11H,2-4H2,1H3,(H,15,16). The van der Waals surface area contributed by atoms with Crippen LogP contribution >= 0.6 is 11.3 Å². The molecule has 1 heterocycles. The third-order valence-electron chi connectivity index (χ3n) is 2.14. The lowest BCUT2D eigenvalue weighted by Gasteiger charge is -2.12. The maximum absolute atomic E-state index is 11.1. The fourth-order valence-corrected chi connectivity index (χ4v) is 2.19. The Morgan fingerprint density at radius 2 is 2.59 bits per heavy atom. The van der Waals surface area contributed by atoms with Gasteiger partial charge in [-0.15, -0.1) is 11.3 Å². The molecule has 8 heteroatoms. The molecule has 17 heavy (non-hydrogen) atoms. The van der Waals surface area contributed by atoms with Crippen LogP contribution in [0.3, 0.4) is 0 Å². The number of thiazole rings is 1. The Balaban J connectivity index is 2.53. The number of nitrogens with zero attached hydrogens (tertiary/aromatic N) is 4. The molecule has 92 valence electrons. The first kappa shape index (κ1) is 13.4. The Bertz CT molecular complexity index is 427. The number of aryl methyl sites for hydroxylation is 1. The zero-order chi connectivity index (χ0) is 12.7. The second-order valence-electron chi connectivity index (χ2n) is 3.34. The summed E-state index contributed by atoms with van der Waals surface area (Å²) in [5.74, 6) is -0.930. The van der Waals surface area contributed by atoms with Crippen LogP contribution in [0.4, 0.5) is 0 Å². The highest BCUT2D eigenvalue weighted by molar-refractivity contribution is 7.10. The van der Waals surface area contributed by atoms with Gasteiger partial charge in [0.05, 0.1) is 16.1 Å². The molecule has 1 atom stereocenters. The summed E-state index contributed by atoms with van der Waals surface area (Å²) in [7, 11) is 0. The van der Waals surface area contributed by atoms with E-state index >= 15 is 0 Å². The first-order valence-corrected chi connectivity index (χ1v) is 5.91. The predicted octanol–water partition coefficient (Wildman–Crippen LogP) is 1.87. The lowest BCUT2D eigenvalue weighted by molar-refractivity contribution is -0.139. The third kappa shape index (κ3) is 4.03. The minimum atomic E-state index is -0.930. The molecule has 1 aromatic heterocycles. The van der Waals surface area contributed by atoms with E-state index in [1.807, 2.05) is 0 Å². The van der Waals surface area contributed by atoms with E-state index in [-0.39, 0.29) is 0 Å². The summed E-state index contributed by atoms with van der Waals surface area (Å²) in [5, 5.41) is 15.4. The van der Waals surface area contributed by atoms with Crippen LogP contribution in [-0.2, 0) is 4.79 Å². The number of aliphatic carboxylic acids is 1. The molecule has 0 saturated heterocycles. The Hall–Kier alpha value is -1.63. The van der Waals surface area contributed by atoms with Gasteiger partial charge in [0, 0.05) is 11.5 Å². The van der Waals surface area contributed by atoms with Crippen LogP contribution in [0.1, 0.15) is 23.0 Å². The summed E-state index contributed by atoms with van der Waals surface area (Å²) in [6, 6.07) is -0.742. The number of hydrogen-bond donors (Lipinski definition) is 2. The molecule has 1 unspecified atom stereocenters. The number of rotatable bonds is 7. The van der Waals surface area contributed by atoms with Crippen molar-refractivity contribution in [2.75, 3.05) is 13.1 Å². The highest BCUT2D eigenvalue weighted by Gasteiger charge is 2.22. The van der Waals surface area contributed by atoms with E-state index in [9.17, 15) is 4.79 Å². The predicted molar refractivity (Wildman–Crippen MR) is 63.9 cm³/mol. The fourth-order valence-electron chi connectivity index (χ4n) is 1.32. The van der Waals surface area contributed by atoms with Crippen LogP contribution in [0.25, 0.3) is 10.4 Å². The van der Waals surface area contributed by atoms with Gasteiger partial charge in [0.1, 0.15) is 6.04 Å². The smallest absolute Gasteiger partial charge is 0.326 e. The molecule has 0 saturated carbocycles. The van der Waals surface area contributed by atoms with Gasteiger partial charge in [-0.1, -0.05) is 5.11 Å². The van der Waals surface area contributed by atoms with E-state index in [1.54, 1.807) is 12.4 Å². The van der Waals surface area contributed by atoms with Crippen molar-refractivity contribution in [1.29, 1.82) is 0 Å². The Labute approximate surface area is 102 Å². The van der Waals surface area contributed by atoms with Gasteiger partial charge in [-0.25, -0.2) is 4.98 Å². The maximum atomic E-state index is 11.1. The molecule has 1 aromatic rings. The Morgan fingerprint density at radius 3 is 3.12 bits per heavy atom. The second-order valence-corrected chi connectivity index (χ2v) is 4.22. The second kappa shape index (κ2) is 6.85. The Morgan fingerprint density at radius 1 is 1.82 bits per heavy atom. The van der Waals surface area contributed by atoms with Crippen LogP contribution in [0, 0.1) is 6.92 Å². The zero-order valence-electron chi connectivity index (χ0n) is 9.33. The van der Waals surface area contributed by atoms with Gasteiger partial charge >= 0.3 is 5.97 Å². The normalized spacial score (nSPS) is 11.8.